The number of hydrogen-bond acceptors (Lipinski definition) is 4. The lowest BCUT2D eigenvalue weighted by atomic mass is 10.3. The third kappa shape index (κ3) is 4.71. The van der Waals surface area contributed by atoms with Gasteiger partial charge in [0.2, 0.25) is 0 Å². The van der Waals surface area contributed by atoms with Crippen LogP contribution in [0.4, 0.5) is 0 Å². The predicted molar refractivity (Wildman–Crippen MR) is 64.0 cm³/mol. The van der Waals surface area contributed by atoms with E-state index in [0.717, 1.165) is 10.7 Å². The van der Waals surface area contributed by atoms with Crippen LogP contribution in [0.2, 0.25) is 0 Å². The molecule has 5 nitrogen and oxygen atoms in total. The van der Waals surface area contributed by atoms with Gasteiger partial charge in [-0.25, -0.2) is 8.42 Å². The van der Waals surface area contributed by atoms with E-state index in [2.05, 4.69) is 26.2 Å². The number of halogens is 1. The molecule has 1 heterocycles. The standard InChI is InChI=1S/C9H11BrN2O3S/c1-16(14,15)5-4-12-9(13)8-6-7(10)2-3-11-8/h2-3,6H,4-5H2,1H3,(H,12,13). The summed E-state index contributed by atoms with van der Waals surface area (Å²) >= 11 is 3.21. The van der Waals surface area contributed by atoms with Crippen molar-refractivity contribution >= 4 is 31.7 Å². The molecular formula is C9H11BrN2O3S. The largest absolute Gasteiger partial charge is 0.350 e. The molecule has 0 aliphatic rings. The summed E-state index contributed by atoms with van der Waals surface area (Å²) < 4.78 is 22.4. The Morgan fingerprint density at radius 2 is 2.25 bits per heavy atom. The quantitative estimate of drug-likeness (QED) is 0.884. The van der Waals surface area contributed by atoms with E-state index in [9.17, 15) is 13.2 Å². The minimum Gasteiger partial charge on any atom is -0.350 e. The van der Waals surface area contributed by atoms with Crippen molar-refractivity contribution in [2.45, 2.75) is 0 Å². The second-order valence-electron chi connectivity index (χ2n) is 3.25. The second-order valence-corrected chi connectivity index (χ2v) is 6.42. The van der Waals surface area contributed by atoms with E-state index in [1.807, 2.05) is 0 Å². The van der Waals surface area contributed by atoms with Crippen LogP contribution in [-0.4, -0.2) is 37.9 Å². The van der Waals surface area contributed by atoms with Gasteiger partial charge in [-0.15, -0.1) is 0 Å². The van der Waals surface area contributed by atoms with Gasteiger partial charge in [-0.1, -0.05) is 15.9 Å². The van der Waals surface area contributed by atoms with Gasteiger partial charge in [-0.2, -0.15) is 0 Å². The molecule has 88 valence electrons. The fourth-order valence-electron chi connectivity index (χ4n) is 0.969. The molecule has 1 aromatic rings. The van der Waals surface area contributed by atoms with Crippen molar-refractivity contribution < 1.29 is 13.2 Å². The van der Waals surface area contributed by atoms with E-state index in [1.54, 1.807) is 12.1 Å². The van der Waals surface area contributed by atoms with Gasteiger partial charge >= 0.3 is 0 Å². The molecule has 1 rings (SSSR count). The van der Waals surface area contributed by atoms with Gasteiger partial charge in [-0.05, 0) is 12.1 Å². The molecule has 0 spiro atoms. The molecular weight excluding hydrogens is 296 g/mol. The van der Waals surface area contributed by atoms with Crippen LogP contribution in [0, 0.1) is 0 Å². The molecule has 7 heteroatoms. The average Bonchev–Trinajstić information content (AvgIpc) is 2.15. The number of rotatable bonds is 4. The SMILES string of the molecule is CS(=O)(=O)CCNC(=O)c1cc(Br)ccn1. The first-order valence-corrected chi connectivity index (χ1v) is 7.31. The average molecular weight is 307 g/mol. The first-order valence-electron chi connectivity index (χ1n) is 4.46. The van der Waals surface area contributed by atoms with Crippen LogP contribution in [0.1, 0.15) is 10.5 Å². The lowest BCUT2D eigenvalue weighted by Gasteiger charge is -2.03. The number of nitrogens with one attached hydrogen (secondary N) is 1. The number of carbonyl (C=O) groups is 1. The summed E-state index contributed by atoms with van der Waals surface area (Å²) in [4.78, 5) is 15.4. The number of sulfone groups is 1. The smallest absolute Gasteiger partial charge is 0.269 e. The normalized spacial score (nSPS) is 11.1. The van der Waals surface area contributed by atoms with Gasteiger partial charge in [0, 0.05) is 23.5 Å². The number of amides is 1. The van der Waals surface area contributed by atoms with E-state index in [0.29, 0.717) is 0 Å². The van der Waals surface area contributed by atoms with Crippen LogP contribution in [0.25, 0.3) is 0 Å². The molecule has 1 aromatic heterocycles. The third-order valence-corrected chi connectivity index (χ3v) is 3.15. The highest BCUT2D eigenvalue weighted by molar-refractivity contribution is 9.10. The maximum absolute atomic E-state index is 11.5. The summed E-state index contributed by atoms with van der Waals surface area (Å²) in [5, 5.41) is 2.48. The van der Waals surface area contributed by atoms with Crippen molar-refractivity contribution in [3.05, 3.63) is 28.5 Å². The molecule has 0 saturated heterocycles. The lowest BCUT2D eigenvalue weighted by Crippen LogP contribution is -2.29. The Hall–Kier alpha value is -0.950. The molecule has 0 saturated carbocycles. The molecule has 0 atom stereocenters. The Morgan fingerprint density at radius 3 is 2.81 bits per heavy atom. The van der Waals surface area contributed by atoms with Gasteiger partial charge in [-0.3, -0.25) is 9.78 Å². The van der Waals surface area contributed by atoms with Gasteiger partial charge in [0.05, 0.1) is 5.75 Å². The summed E-state index contributed by atoms with van der Waals surface area (Å²) in [6.07, 6.45) is 2.62. The predicted octanol–water partition coefficient (Wildman–Crippen LogP) is 0.618. The van der Waals surface area contributed by atoms with Crippen LogP contribution in [0.3, 0.4) is 0 Å². The molecule has 0 fully saturated rings. The fraction of sp³-hybridized carbons (Fsp3) is 0.333. The number of nitrogens with zero attached hydrogens (tertiary/aromatic N) is 1. The van der Waals surface area contributed by atoms with Crippen molar-refractivity contribution in [1.29, 1.82) is 0 Å². The summed E-state index contributed by atoms with van der Waals surface area (Å²) in [7, 11) is -3.05. The number of aromatic nitrogens is 1. The van der Waals surface area contributed by atoms with Crippen LogP contribution in [-0.2, 0) is 9.84 Å². The highest BCUT2D eigenvalue weighted by atomic mass is 79.9. The Bertz CT molecular complexity index is 487. The molecule has 1 N–H and O–H groups in total. The molecule has 0 bridgehead atoms. The Balaban J connectivity index is 2.54. The van der Waals surface area contributed by atoms with Crippen molar-refractivity contribution in [3.8, 4) is 0 Å². The zero-order valence-electron chi connectivity index (χ0n) is 8.60. The second kappa shape index (κ2) is 5.40. The first kappa shape index (κ1) is 13.1. The molecule has 0 aliphatic heterocycles. The van der Waals surface area contributed by atoms with E-state index < -0.39 is 9.84 Å². The van der Waals surface area contributed by atoms with E-state index >= 15 is 0 Å². The molecule has 0 aliphatic carbocycles. The maximum Gasteiger partial charge on any atom is 0.269 e. The van der Waals surface area contributed by atoms with Crippen molar-refractivity contribution in [1.82, 2.24) is 10.3 Å². The van der Waals surface area contributed by atoms with Crippen LogP contribution in [0.5, 0.6) is 0 Å². The van der Waals surface area contributed by atoms with Crippen molar-refractivity contribution in [2.75, 3.05) is 18.6 Å². The zero-order chi connectivity index (χ0) is 12.2. The first-order chi connectivity index (χ1) is 7.38. The highest BCUT2D eigenvalue weighted by Gasteiger charge is 2.08. The van der Waals surface area contributed by atoms with Crippen LogP contribution >= 0.6 is 15.9 Å². The summed E-state index contributed by atoms with van der Waals surface area (Å²) in [6, 6.07) is 3.27. The van der Waals surface area contributed by atoms with Crippen molar-refractivity contribution in [2.24, 2.45) is 0 Å². The maximum atomic E-state index is 11.5. The summed E-state index contributed by atoms with van der Waals surface area (Å²) in [6.45, 7) is 0.0891. The topological polar surface area (TPSA) is 76.1 Å². The van der Waals surface area contributed by atoms with Gasteiger partial charge in [0.15, 0.2) is 0 Å². The highest BCUT2D eigenvalue weighted by Crippen LogP contribution is 2.08. The van der Waals surface area contributed by atoms with Crippen molar-refractivity contribution in [3.63, 3.8) is 0 Å². The zero-order valence-corrected chi connectivity index (χ0v) is 11.0. The Morgan fingerprint density at radius 1 is 1.56 bits per heavy atom. The monoisotopic (exact) mass is 306 g/mol. The van der Waals surface area contributed by atoms with E-state index in [4.69, 9.17) is 0 Å². The Labute approximate surface area is 102 Å². The van der Waals surface area contributed by atoms with E-state index in [1.165, 1.54) is 6.20 Å². The summed E-state index contributed by atoms with van der Waals surface area (Å²) in [5.74, 6) is -0.461. The molecule has 1 amide bonds. The van der Waals surface area contributed by atoms with Gasteiger partial charge in [0.1, 0.15) is 15.5 Å². The van der Waals surface area contributed by atoms with Crippen LogP contribution < -0.4 is 5.32 Å². The van der Waals surface area contributed by atoms with Crippen LogP contribution in [0.15, 0.2) is 22.8 Å². The molecule has 0 aromatic carbocycles. The molecule has 16 heavy (non-hydrogen) atoms. The van der Waals surface area contributed by atoms with Gasteiger partial charge in [0.25, 0.3) is 5.91 Å². The number of hydrogen-bond donors (Lipinski definition) is 1. The van der Waals surface area contributed by atoms with Gasteiger partial charge < -0.3 is 5.32 Å². The minimum atomic E-state index is -3.05. The third-order valence-electron chi connectivity index (χ3n) is 1.71. The fourth-order valence-corrected chi connectivity index (χ4v) is 1.78. The number of pyridine rings is 1. The lowest BCUT2D eigenvalue weighted by molar-refractivity contribution is 0.0951. The molecule has 0 unspecified atom stereocenters. The summed E-state index contributed by atoms with van der Waals surface area (Å²) in [5.41, 5.74) is 0.253. The number of carbonyl (C=O) groups excluding carboxylic acids is 1. The molecule has 0 radical (unpaired) electrons. The minimum absolute atomic E-state index is 0.0766. The van der Waals surface area contributed by atoms with E-state index in [-0.39, 0.29) is 23.9 Å². The Kier molecular flexibility index (Phi) is 4.43.